The molecule has 5 rings (SSSR count). The highest BCUT2D eigenvalue weighted by Gasteiger charge is 2.52. The predicted molar refractivity (Wildman–Crippen MR) is 155 cm³/mol. The van der Waals surface area contributed by atoms with Gasteiger partial charge >= 0.3 is 19.2 Å². The Hall–Kier alpha value is -3.95. The molecule has 0 spiro atoms. The second-order valence-corrected chi connectivity index (χ2v) is 11.2. The summed E-state index contributed by atoms with van der Waals surface area (Å²) in [5, 5.41) is 2.77. The molecule has 3 aromatic carbocycles. The summed E-state index contributed by atoms with van der Waals surface area (Å²) in [5.74, 6) is -1.22. The molecule has 41 heavy (non-hydrogen) atoms. The van der Waals surface area contributed by atoms with E-state index < -0.39 is 36.2 Å². The van der Waals surface area contributed by atoms with Crippen molar-refractivity contribution in [3.8, 4) is 11.1 Å². The minimum atomic E-state index is -0.866. The number of carbonyl (C=O) groups is 2. The van der Waals surface area contributed by atoms with Crippen molar-refractivity contribution in [2.75, 3.05) is 20.3 Å². The Bertz CT molecular complexity index is 1460. The zero-order valence-corrected chi connectivity index (χ0v) is 23.8. The maximum Gasteiger partial charge on any atom is 0.492 e. The molecule has 0 bridgehead atoms. The number of alkyl carbamates (subject to hydrolysis) is 1. The molecule has 1 aliphatic heterocycles. The van der Waals surface area contributed by atoms with Gasteiger partial charge in [0, 0.05) is 18.0 Å². The third-order valence-corrected chi connectivity index (χ3v) is 8.09. The third kappa shape index (κ3) is 5.65. The van der Waals surface area contributed by atoms with Crippen molar-refractivity contribution in [3.63, 3.8) is 0 Å². The molecule has 0 atom stereocenters. The quantitative estimate of drug-likeness (QED) is 0.277. The SMILES string of the molecule is COC(=O)c1ccc(F)c(C=C(CNC(=O)OCC2c3ccccc3-c3ccccc32)B2OC(C)(C)C(C)(C)O2)c1. The molecule has 3 aromatic rings. The molecule has 7 nitrogen and oxygen atoms in total. The predicted octanol–water partition coefficient (Wildman–Crippen LogP) is 6.17. The molecule has 2 aliphatic rings. The van der Waals surface area contributed by atoms with Gasteiger partial charge in [0.05, 0.1) is 23.9 Å². The zero-order valence-electron chi connectivity index (χ0n) is 23.8. The van der Waals surface area contributed by atoms with Crippen LogP contribution in [0.4, 0.5) is 9.18 Å². The number of hydrogen-bond acceptors (Lipinski definition) is 6. The minimum absolute atomic E-state index is 0.0323. The van der Waals surface area contributed by atoms with Crippen LogP contribution in [0, 0.1) is 5.82 Å². The summed E-state index contributed by atoms with van der Waals surface area (Å²) in [4.78, 5) is 25.0. The van der Waals surface area contributed by atoms with Crippen molar-refractivity contribution in [1.82, 2.24) is 5.32 Å². The Morgan fingerprint density at radius 2 is 1.54 bits per heavy atom. The Morgan fingerprint density at radius 3 is 2.12 bits per heavy atom. The highest BCUT2D eigenvalue weighted by atomic mass is 19.1. The number of rotatable bonds is 7. The van der Waals surface area contributed by atoms with Crippen molar-refractivity contribution in [1.29, 1.82) is 0 Å². The van der Waals surface area contributed by atoms with Gasteiger partial charge in [-0.3, -0.25) is 0 Å². The fourth-order valence-electron chi connectivity index (χ4n) is 5.12. The highest BCUT2D eigenvalue weighted by Crippen LogP contribution is 2.44. The van der Waals surface area contributed by atoms with Crippen molar-refractivity contribution in [2.45, 2.75) is 44.8 Å². The van der Waals surface area contributed by atoms with E-state index in [1.807, 2.05) is 52.0 Å². The summed E-state index contributed by atoms with van der Waals surface area (Å²) in [7, 11) is 0.394. The van der Waals surface area contributed by atoms with E-state index >= 15 is 0 Å². The Balaban J connectivity index is 1.34. The van der Waals surface area contributed by atoms with Gasteiger partial charge in [-0.05, 0) is 73.6 Å². The maximum atomic E-state index is 14.8. The smallest absolute Gasteiger partial charge is 0.465 e. The molecule has 212 valence electrons. The molecule has 1 saturated heterocycles. The standard InChI is InChI=1S/C32H33BFNO6/c1-31(2)32(3,4)41-33(40-31)22(17-21-16-20(29(36)38-5)14-15-28(21)34)18-35-30(37)39-19-27-25-12-8-6-10-23(25)24-11-7-9-13-26(24)27/h6-17,27H,18-19H2,1-5H3,(H,35,37). The molecule has 9 heteroatoms. The fourth-order valence-corrected chi connectivity index (χ4v) is 5.12. The number of methoxy groups -OCH3 is 1. The summed E-state index contributed by atoms with van der Waals surface area (Å²) >= 11 is 0. The first-order valence-electron chi connectivity index (χ1n) is 13.5. The van der Waals surface area contributed by atoms with E-state index in [0.717, 1.165) is 22.3 Å². The van der Waals surface area contributed by atoms with Gasteiger partial charge in [0.1, 0.15) is 12.4 Å². The first-order chi connectivity index (χ1) is 19.5. The van der Waals surface area contributed by atoms with Crippen LogP contribution in [0.1, 0.15) is 60.7 Å². The number of nitrogens with one attached hydrogen (secondary N) is 1. The first-order valence-corrected chi connectivity index (χ1v) is 13.5. The molecular weight excluding hydrogens is 524 g/mol. The van der Waals surface area contributed by atoms with E-state index in [2.05, 4.69) is 29.6 Å². The normalized spacial score (nSPS) is 17.1. The summed E-state index contributed by atoms with van der Waals surface area (Å²) in [6, 6.07) is 20.1. The molecule has 1 heterocycles. The van der Waals surface area contributed by atoms with Crippen LogP contribution in [0.5, 0.6) is 0 Å². The maximum absolute atomic E-state index is 14.8. The van der Waals surface area contributed by atoms with Gasteiger partial charge in [0.2, 0.25) is 0 Å². The molecule has 0 aromatic heterocycles. The molecule has 0 saturated carbocycles. The minimum Gasteiger partial charge on any atom is -0.465 e. The molecule has 1 amide bonds. The zero-order chi connectivity index (χ0) is 29.4. The van der Waals surface area contributed by atoms with Gasteiger partial charge in [-0.15, -0.1) is 0 Å². The molecule has 1 fully saturated rings. The second kappa shape index (κ2) is 11.1. The second-order valence-electron chi connectivity index (χ2n) is 11.2. The number of halogens is 1. The van der Waals surface area contributed by atoms with Gasteiger partial charge in [-0.2, -0.15) is 0 Å². The van der Waals surface area contributed by atoms with Crippen LogP contribution in [-0.4, -0.2) is 50.6 Å². The van der Waals surface area contributed by atoms with E-state index in [1.165, 1.54) is 31.4 Å². The molecule has 1 aliphatic carbocycles. The van der Waals surface area contributed by atoms with E-state index in [9.17, 15) is 14.0 Å². The molecule has 0 radical (unpaired) electrons. The summed E-state index contributed by atoms with van der Waals surface area (Å²) < 4.78 is 37.7. The van der Waals surface area contributed by atoms with Crippen molar-refractivity contribution >= 4 is 25.3 Å². The Kier molecular flexibility index (Phi) is 7.77. The molecule has 1 N–H and O–H groups in total. The van der Waals surface area contributed by atoms with Crippen LogP contribution in [0.3, 0.4) is 0 Å². The van der Waals surface area contributed by atoms with Crippen LogP contribution in [-0.2, 0) is 18.8 Å². The largest absolute Gasteiger partial charge is 0.492 e. The number of hydrogen-bond donors (Lipinski definition) is 1. The van der Waals surface area contributed by atoms with E-state index in [-0.39, 0.29) is 30.2 Å². The van der Waals surface area contributed by atoms with Gasteiger partial charge < -0.3 is 24.1 Å². The average Bonchev–Trinajstić information content (AvgIpc) is 3.39. The Morgan fingerprint density at radius 1 is 0.951 bits per heavy atom. The molecule has 0 unspecified atom stereocenters. The van der Waals surface area contributed by atoms with Gasteiger partial charge in [-0.25, -0.2) is 14.0 Å². The first kappa shape index (κ1) is 28.6. The lowest BCUT2D eigenvalue weighted by Gasteiger charge is -2.32. The van der Waals surface area contributed by atoms with Crippen molar-refractivity contribution < 1.29 is 32.8 Å². The lowest BCUT2D eigenvalue weighted by atomic mass is 9.77. The lowest BCUT2D eigenvalue weighted by molar-refractivity contribution is 0.00578. The topological polar surface area (TPSA) is 83.1 Å². The average molecular weight is 557 g/mol. The van der Waals surface area contributed by atoms with Crippen LogP contribution in [0.25, 0.3) is 17.2 Å². The number of benzene rings is 3. The van der Waals surface area contributed by atoms with E-state index in [0.29, 0.717) is 5.47 Å². The number of fused-ring (bicyclic) bond motifs is 3. The van der Waals surface area contributed by atoms with Crippen LogP contribution in [0.15, 0.2) is 72.2 Å². The van der Waals surface area contributed by atoms with Crippen LogP contribution >= 0.6 is 0 Å². The van der Waals surface area contributed by atoms with Crippen LogP contribution < -0.4 is 5.32 Å². The number of amides is 1. The third-order valence-electron chi connectivity index (χ3n) is 8.09. The van der Waals surface area contributed by atoms with Gasteiger partial charge in [-0.1, -0.05) is 54.6 Å². The monoisotopic (exact) mass is 557 g/mol. The highest BCUT2D eigenvalue weighted by molar-refractivity contribution is 6.56. The fraction of sp³-hybridized carbons (Fsp3) is 0.312. The summed E-state index contributed by atoms with van der Waals surface area (Å²) in [6.45, 7) is 7.74. The number of ether oxygens (including phenoxy) is 2. The van der Waals surface area contributed by atoms with E-state index in [1.54, 1.807) is 0 Å². The van der Waals surface area contributed by atoms with E-state index in [4.69, 9.17) is 18.8 Å². The van der Waals surface area contributed by atoms with Gasteiger partial charge in [0.15, 0.2) is 0 Å². The lowest BCUT2D eigenvalue weighted by Crippen LogP contribution is -2.41. The summed E-state index contributed by atoms with van der Waals surface area (Å²) in [5.41, 5.74) is 3.96. The number of carbonyl (C=O) groups excluding carboxylic acids is 2. The Labute approximate surface area is 239 Å². The molecular formula is C32H33BFNO6. The van der Waals surface area contributed by atoms with Crippen molar-refractivity contribution in [2.24, 2.45) is 0 Å². The van der Waals surface area contributed by atoms with Gasteiger partial charge in [0.25, 0.3) is 0 Å². The van der Waals surface area contributed by atoms with Crippen molar-refractivity contribution in [3.05, 3.63) is 100 Å². The summed E-state index contributed by atoms with van der Waals surface area (Å²) in [6.07, 6.45) is 0.895. The number of esters is 1. The van der Waals surface area contributed by atoms with Crippen LogP contribution in [0.2, 0.25) is 0 Å².